The zero-order valence-corrected chi connectivity index (χ0v) is 12.9. The van der Waals surface area contributed by atoms with Crippen LogP contribution in [0.25, 0.3) is 0 Å². The van der Waals surface area contributed by atoms with Gasteiger partial charge in [-0.15, -0.1) is 0 Å². The third kappa shape index (κ3) is 3.15. The second-order valence-electron chi connectivity index (χ2n) is 4.77. The van der Waals surface area contributed by atoms with Crippen molar-refractivity contribution in [3.8, 4) is 0 Å². The van der Waals surface area contributed by atoms with Gasteiger partial charge >= 0.3 is 0 Å². The SMILES string of the molecule is CC(=O)c1cc(F)ccc1N1CCSCC1S(C)(=O)=O. The van der Waals surface area contributed by atoms with Crippen LogP contribution < -0.4 is 4.90 Å². The molecule has 1 aromatic carbocycles. The zero-order chi connectivity index (χ0) is 14.9. The van der Waals surface area contributed by atoms with Crippen LogP contribution in [0.2, 0.25) is 0 Å². The largest absolute Gasteiger partial charge is 0.353 e. The highest BCUT2D eigenvalue weighted by Gasteiger charge is 2.32. The predicted octanol–water partition coefficient (Wildman–Crippen LogP) is 1.95. The van der Waals surface area contributed by atoms with Crippen LogP contribution in [0.5, 0.6) is 0 Å². The summed E-state index contributed by atoms with van der Waals surface area (Å²) in [5, 5.41) is -0.676. The molecule has 110 valence electrons. The van der Waals surface area contributed by atoms with Gasteiger partial charge in [0, 0.05) is 35.6 Å². The normalized spacial score (nSPS) is 19.9. The van der Waals surface area contributed by atoms with E-state index in [1.165, 1.54) is 31.4 Å². The van der Waals surface area contributed by atoms with Crippen LogP contribution >= 0.6 is 11.8 Å². The molecule has 0 amide bonds. The molecule has 20 heavy (non-hydrogen) atoms. The van der Waals surface area contributed by atoms with E-state index in [1.807, 2.05) is 0 Å². The molecule has 0 aliphatic carbocycles. The Balaban J connectivity index is 2.50. The Kier molecular flexibility index (Phi) is 4.39. The molecule has 1 saturated heterocycles. The number of ketones is 1. The quantitative estimate of drug-likeness (QED) is 0.798. The minimum Gasteiger partial charge on any atom is -0.353 e. The third-order valence-electron chi connectivity index (χ3n) is 3.23. The van der Waals surface area contributed by atoms with E-state index < -0.39 is 21.0 Å². The van der Waals surface area contributed by atoms with E-state index >= 15 is 0 Å². The van der Waals surface area contributed by atoms with E-state index in [1.54, 1.807) is 16.7 Å². The molecule has 1 unspecified atom stereocenters. The number of nitrogens with zero attached hydrogens (tertiary/aromatic N) is 1. The molecule has 0 radical (unpaired) electrons. The average molecular weight is 317 g/mol. The van der Waals surface area contributed by atoms with E-state index in [4.69, 9.17) is 0 Å². The number of anilines is 1. The van der Waals surface area contributed by atoms with Crippen molar-refractivity contribution in [1.29, 1.82) is 0 Å². The van der Waals surface area contributed by atoms with Gasteiger partial charge < -0.3 is 4.90 Å². The summed E-state index contributed by atoms with van der Waals surface area (Å²) < 4.78 is 37.1. The van der Waals surface area contributed by atoms with Gasteiger partial charge in [-0.2, -0.15) is 11.8 Å². The standard InChI is InChI=1S/C13H16FNO3S2/c1-9(16)11-7-10(14)3-4-12(11)15-5-6-19-8-13(15)20(2,17)18/h3-4,7,13H,5-6,8H2,1-2H3. The molecule has 1 heterocycles. The maximum absolute atomic E-state index is 13.3. The lowest BCUT2D eigenvalue weighted by Gasteiger charge is -2.36. The fraction of sp³-hybridized carbons (Fsp3) is 0.462. The summed E-state index contributed by atoms with van der Waals surface area (Å²) in [5.74, 6) is 0.458. The van der Waals surface area contributed by atoms with Crippen molar-refractivity contribution < 1.29 is 17.6 Å². The first-order valence-corrected chi connectivity index (χ1v) is 9.25. The fourth-order valence-corrected chi connectivity index (χ4v) is 5.08. The Morgan fingerprint density at radius 2 is 2.15 bits per heavy atom. The smallest absolute Gasteiger partial charge is 0.169 e. The number of benzene rings is 1. The van der Waals surface area contributed by atoms with Gasteiger partial charge in [-0.1, -0.05) is 0 Å². The number of sulfone groups is 1. The van der Waals surface area contributed by atoms with Crippen molar-refractivity contribution in [2.45, 2.75) is 12.3 Å². The van der Waals surface area contributed by atoms with Crippen LogP contribution in [-0.2, 0) is 9.84 Å². The number of rotatable bonds is 3. The molecule has 1 atom stereocenters. The van der Waals surface area contributed by atoms with Gasteiger partial charge in [0.25, 0.3) is 0 Å². The van der Waals surface area contributed by atoms with Crippen LogP contribution in [-0.4, -0.2) is 43.9 Å². The van der Waals surface area contributed by atoms with Crippen LogP contribution in [0.3, 0.4) is 0 Å². The van der Waals surface area contributed by atoms with Crippen LogP contribution in [0.4, 0.5) is 10.1 Å². The molecule has 1 aromatic rings. The fourth-order valence-electron chi connectivity index (χ4n) is 2.25. The number of hydrogen-bond acceptors (Lipinski definition) is 5. The Hall–Kier alpha value is -1.08. The average Bonchev–Trinajstić information content (AvgIpc) is 2.37. The minimum absolute atomic E-state index is 0.227. The molecule has 0 bridgehead atoms. The molecular formula is C13H16FNO3S2. The van der Waals surface area contributed by atoms with E-state index in [0.29, 0.717) is 18.0 Å². The number of carbonyl (C=O) groups excluding carboxylic acids is 1. The number of Topliss-reactive ketones (excluding diaryl/α,β-unsaturated/α-hetero) is 1. The van der Waals surface area contributed by atoms with E-state index in [9.17, 15) is 17.6 Å². The molecule has 1 aliphatic rings. The topological polar surface area (TPSA) is 54.5 Å². The summed E-state index contributed by atoms with van der Waals surface area (Å²) in [4.78, 5) is 13.4. The molecule has 0 N–H and O–H groups in total. The third-order valence-corrected chi connectivity index (χ3v) is 5.87. The van der Waals surface area contributed by atoms with Crippen molar-refractivity contribution in [3.05, 3.63) is 29.6 Å². The van der Waals surface area contributed by atoms with Crippen LogP contribution in [0.15, 0.2) is 18.2 Å². The summed E-state index contributed by atoms with van der Waals surface area (Å²) in [7, 11) is -3.28. The Morgan fingerprint density at radius 3 is 2.75 bits per heavy atom. The van der Waals surface area contributed by atoms with E-state index in [-0.39, 0.29) is 11.3 Å². The zero-order valence-electron chi connectivity index (χ0n) is 11.3. The molecule has 2 rings (SSSR count). The minimum atomic E-state index is -3.28. The number of carbonyl (C=O) groups is 1. The molecule has 0 saturated carbocycles. The van der Waals surface area contributed by atoms with Gasteiger partial charge in [-0.05, 0) is 25.1 Å². The lowest BCUT2D eigenvalue weighted by Crippen LogP contribution is -2.47. The Labute approximate surface area is 122 Å². The molecule has 1 aliphatic heterocycles. The monoisotopic (exact) mass is 317 g/mol. The van der Waals surface area contributed by atoms with Gasteiger partial charge in [-0.25, -0.2) is 12.8 Å². The first-order valence-electron chi connectivity index (χ1n) is 6.14. The molecule has 4 nitrogen and oxygen atoms in total. The van der Waals surface area contributed by atoms with Crippen molar-refractivity contribution >= 4 is 33.1 Å². The molecule has 0 aromatic heterocycles. The number of halogens is 1. The van der Waals surface area contributed by atoms with Crippen molar-refractivity contribution in [3.63, 3.8) is 0 Å². The molecular weight excluding hydrogens is 301 g/mol. The second kappa shape index (κ2) is 5.73. The number of hydrogen-bond donors (Lipinski definition) is 0. The highest BCUT2D eigenvalue weighted by Crippen LogP contribution is 2.30. The summed E-state index contributed by atoms with van der Waals surface area (Å²) in [6.45, 7) is 1.88. The summed E-state index contributed by atoms with van der Waals surface area (Å²) >= 11 is 1.57. The highest BCUT2D eigenvalue weighted by molar-refractivity contribution is 8.01. The molecule has 7 heteroatoms. The van der Waals surface area contributed by atoms with Gasteiger partial charge in [0.15, 0.2) is 15.6 Å². The second-order valence-corrected chi connectivity index (χ2v) is 8.12. The van der Waals surface area contributed by atoms with Gasteiger partial charge in [0.1, 0.15) is 11.2 Å². The predicted molar refractivity (Wildman–Crippen MR) is 79.7 cm³/mol. The van der Waals surface area contributed by atoms with E-state index in [0.717, 1.165) is 5.75 Å². The maximum atomic E-state index is 13.3. The first-order chi connectivity index (χ1) is 9.30. The maximum Gasteiger partial charge on any atom is 0.169 e. The summed E-state index contributed by atoms with van der Waals surface area (Å²) in [6, 6.07) is 3.90. The molecule has 1 fully saturated rings. The Bertz CT molecular complexity index is 631. The summed E-state index contributed by atoms with van der Waals surface area (Å²) in [5.41, 5.74) is 0.722. The van der Waals surface area contributed by atoms with Crippen molar-refractivity contribution in [2.24, 2.45) is 0 Å². The van der Waals surface area contributed by atoms with Crippen molar-refractivity contribution in [2.75, 3.05) is 29.2 Å². The lowest BCUT2D eigenvalue weighted by atomic mass is 10.1. The van der Waals surface area contributed by atoms with E-state index in [2.05, 4.69) is 0 Å². The lowest BCUT2D eigenvalue weighted by molar-refractivity contribution is 0.101. The van der Waals surface area contributed by atoms with Gasteiger partial charge in [0.05, 0.1) is 0 Å². The highest BCUT2D eigenvalue weighted by atomic mass is 32.2. The molecule has 0 spiro atoms. The first kappa shape index (κ1) is 15.3. The van der Waals surface area contributed by atoms with Crippen LogP contribution in [0, 0.1) is 5.82 Å². The Morgan fingerprint density at radius 1 is 1.45 bits per heavy atom. The van der Waals surface area contributed by atoms with Crippen LogP contribution in [0.1, 0.15) is 17.3 Å². The van der Waals surface area contributed by atoms with Gasteiger partial charge in [0.2, 0.25) is 0 Å². The summed E-state index contributed by atoms with van der Waals surface area (Å²) in [6.07, 6.45) is 1.19. The van der Waals surface area contributed by atoms with Crippen molar-refractivity contribution in [1.82, 2.24) is 0 Å². The number of thioether (sulfide) groups is 1. The van der Waals surface area contributed by atoms with Gasteiger partial charge in [-0.3, -0.25) is 4.79 Å².